The van der Waals surface area contributed by atoms with Crippen LogP contribution in [0, 0.1) is 0 Å². The molecule has 36 heavy (non-hydrogen) atoms. The first-order chi connectivity index (χ1) is 17.6. The molecule has 2 atom stereocenters. The van der Waals surface area contributed by atoms with Crippen LogP contribution in [-0.2, 0) is 16.1 Å². The predicted octanol–water partition coefficient (Wildman–Crippen LogP) is 3.53. The number of fused-ring (bicyclic) bond motifs is 1. The second-order valence-corrected chi connectivity index (χ2v) is 9.96. The molecule has 2 aliphatic heterocycles. The number of rotatable bonds is 8. The summed E-state index contributed by atoms with van der Waals surface area (Å²) < 4.78 is 7.38. The summed E-state index contributed by atoms with van der Waals surface area (Å²) in [5.41, 5.74) is 3.69. The molecule has 0 radical (unpaired) electrons. The number of hydrogen-bond acceptors (Lipinski definition) is 8. The normalized spacial score (nSPS) is 20.4. The number of carbonyl (C=O) groups excluding carboxylic acids is 1. The van der Waals surface area contributed by atoms with E-state index in [1.165, 1.54) is 0 Å². The van der Waals surface area contributed by atoms with Crippen LogP contribution in [0.25, 0.3) is 5.65 Å². The summed E-state index contributed by atoms with van der Waals surface area (Å²) in [5.74, 6) is 1.50. The molecule has 2 aliphatic rings. The molecule has 10 heteroatoms. The first kappa shape index (κ1) is 24.5. The maximum atomic E-state index is 12.6. The third kappa shape index (κ3) is 5.76. The fourth-order valence-electron chi connectivity index (χ4n) is 4.76. The van der Waals surface area contributed by atoms with Gasteiger partial charge in [-0.1, -0.05) is 32.4 Å². The Kier molecular flexibility index (Phi) is 7.62. The minimum absolute atomic E-state index is 0.0254. The number of amides is 1. The Hall–Kier alpha value is -3.24. The monoisotopic (exact) mass is 492 g/mol. The fraction of sp³-hybridized carbons (Fsp3) is 0.538. The Balaban J connectivity index is 1.32. The van der Waals surface area contributed by atoms with Gasteiger partial charge in [0.2, 0.25) is 17.8 Å². The molecule has 0 bridgehead atoms. The lowest BCUT2D eigenvalue weighted by atomic mass is 10.0. The molecule has 0 saturated carbocycles. The summed E-state index contributed by atoms with van der Waals surface area (Å²) in [4.78, 5) is 22.2. The van der Waals surface area contributed by atoms with E-state index in [2.05, 4.69) is 40.2 Å². The number of carbonyl (C=O) groups is 1. The van der Waals surface area contributed by atoms with Crippen LogP contribution in [0.3, 0.4) is 0 Å². The average Bonchev–Trinajstić information content (AvgIpc) is 3.33. The zero-order valence-corrected chi connectivity index (χ0v) is 21.1. The number of ether oxygens (including phenoxy) is 1. The van der Waals surface area contributed by atoms with Crippen molar-refractivity contribution < 1.29 is 9.53 Å². The minimum atomic E-state index is -0.120. The van der Waals surface area contributed by atoms with E-state index in [-0.39, 0.29) is 23.9 Å². The lowest BCUT2D eigenvalue weighted by Crippen LogP contribution is -2.43. The van der Waals surface area contributed by atoms with Crippen molar-refractivity contribution in [3.63, 3.8) is 0 Å². The van der Waals surface area contributed by atoms with Gasteiger partial charge >= 0.3 is 0 Å². The molecule has 2 saturated heterocycles. The molecular weight excluding hydrogens is 456 g/mol. The molecule has 192 valence electrons. The fourth-order valence-corrected chi connectivity index (χ4v) is 4.76. The van der Waals surface area contributed by atoms with Crippen molar-refractivity contribution in [3.8, 4) is 0 Å². The van der Waals surface area contributed by atoms with Crippen LogP contribution in [0.4, 0.5) is 17.6 Å². The second-order valence-electron chi connectivity index (χ2n) is 9.96. The van der Waals surface area contributed by atoms with E-state index in [1.807, 2.05) is 30.5 Å². The van der Waals surface area contributed by atoms with Gasteiger partial charge in [-0.3, -0.25) is 4.79 Å². The Morgan fingerprint density at radius 1 is 1.22 bits per heavy atom. The van der Waals surface area contributed by atoms with Crippen molar-refractivity contribution in [3.05, 3.63) is 41.6 Å². The highest BCUT2D eigenvalue weighted by molar-refractivity contribution is 5.94. The summed E-state index contributed by atoms with van der Waals surface area (Å²) in [6, 6.07) is 7.97. The highest BCUT2D eigenvalue weighted by Gasteiger charge is 2.21. The third-order valence-corrected chi connectivity index (χ3v) is 6.78. The van der Waals surface area contributed by atoms with Gasteiger partial charge in [-0.15, -0.1) is 0 Å². The average molecular weight is 493 g/mol. The van der Waals surface area contributed by atoms with Crippen LogP contribution in [0.2, 0.25) is 0 Å². The summed E-state index contributed by atoms with van der Waals surface area (Å²) in [7, 11) is 0. The van der Waals surface area contributed by atoms with Crippen molar-refractivity contribution in [2.45, 2.75) is 70.5 Å². The summed E-state index contributed by atoms with van der Waals surface area (Å²) in [5, 5.41) is 17.8. The number of aromatic nitrogens is 4. The smallest absolute Gasteiger partial charge is 0.241 e. The molecule has 3 aromatic rings. The van der Waals surface area contributed by atoms with Crippen LogP contribution in [0.5, 0.6) is 0 Å². The van der Waals surface area contributed by atoms with Gasteiger partial charge in [-0.25, -0.2) is 0 Å². The van der Waals surface area contributed by atoms with E-state index < -0.39 is 0 Å². The van der Waals surface area contributed by atoms with Crippen LogP contribution in [-0.4, -0.2) is 57.3 Å². The molecule has 4 heterocycles. The van der Waals surface area contributed by atoms with Gasteiger partial charge < -0.3 is 26.0 Å². The molecule has 1 aromatic carbocycles. The number of nitrogens with zero attached hydrogens (tertiary/aromatic N) is 4. The zero-order chi connectivity index (χ0) is 24.9. The van der Waals surface area contributed by atoms with Crippen molar-refractivity contribution in [1.82, 2.24) is 24.9 Å². The Labute approximate surface area is 211 Å². The van der Waals surface area contributed by atoms with Crippen molar-refractivity contribution in [2.24, 2.45) is 0 Å². The molecule has 2 aromatic heterocycles. The molecular formula is C26H36N8O2. The van der Waals surface area contributed by atoms with E-state index in [0.29, 0.717) is 25.0 Å². The van der Waals surface area contributed by atoms with Crippen molar-refractivity contribution in [1.29, 1.82) is 0 Å². The molecule has 4 N–H and O–H groups in total. The molecule has 0 aliphatic carbocycles. The van der Waals surface area contributed by atoms with Gasteiger partial charge in [0.05, 0.1) is 24.9 Å². The Morgan fingerprint density at radius 3 is 2.92 bits per heavy atom. The lowest BCUT2D eigenvalue weighted by Gasteiger charge is -2.23. The van der Waals surface area contributed by atoms with Crippen molar-refractivity contribution in [2.75, 3.05) is 35.7 Å². The molecule has 0 spiro atoms. The van der Waals surface area contributed by atoms with Gasteiger partial charge in [-0.05, 0) is 55.8 Å². The van der Waals surface area contributed by atoms with Crippen molar-refractivity contribution >= 4 is 29.1 Å². The second kappa shape index (κ2) is 11.2. The van der Waals surface area contributed by atoms with Crippen LogP contribution < -0.4 is 21.3 Å². The number of piperidine rings is 1. The largest absolute Gasteiger partial charge is 0.379 e. The quantitative estimate of drug-likeness (QED) is 0.377. The van der Waals surface area contributed by atoms with E-state index in [9.17, 15) is 4.79 Å². The van der Waals surface area contributed by atoms with Gasteiger partial charge in [0.1, 0.15) is 0 Å². The summed E-state index contributed by atoms with van der Waals surface area (Å²) in [6.45, 7) is 7.16. The SMILES string of the molecule is CC(C)c1cnn2c(NCc3cccc(NC(=O)C4CCCCN4)c3)nc(N[C@H]3CCCOC3)nc12. The van der Waals surface area contributed by atoms with E-state index >= 15 is 0 Å². The zero-order valence-electron chi connectivity index (χ0n) is 21.1. The van der Waals surface area contributed by atoms with E-state index in [1.54, 1.807) is 4.52 Å². The first-order valence-electron chi connectivity index (χ1n) is 13.0. The standard InChI is InChI=1S/C26H36N8O2/c1-17(2)21-15-29-34-23(21)32-25(31-20-9-6-12-36-16-20)33-26(34)28-14-18-7-5-8-19(13-18)30-24(35)22-10-3-4-11-27-22/h5,7-8,13,15,17,20,22,27H,3-4,6,9-12,14,16H2,1-2H3,(H,30,35)(H2,28,31,32,33)/t20-,22?/m0/s1. The lowest BCUT2D eigenvalue weighted by molar-refractivity contribution is -0.118. The van der Waals surface area contributed by atoms with Gasteiger partial charge in [0.15, 0.2) is 5.65 Å². The molecule has 5 rings (SSSR count). The maximum Gasteiger partial charge on any atom is 0.241 e. The first-order valence-corrected chi connectivity index (χ1v) is 13.0. The predicted molar refractivity (Wildman–Crippen MR) is 140 cm³/mol. The minimum Gasteiger partial charge on any atom is -0.379 e. The van der Waals surface area contributed by atoms with Gasteiger partial charge in [-0.2, -0.15) is 19.6 Å². The number of benzene rings is 1. The Morgan fingerprint density at radius 2 is 2.14 bits per heavy atom. The number of nitrogens with one attached hydrogen (secondary N) is 4. The van der Waals surface area contributed by atoms with Crippen LogP contribution >= 0.6 is 0 Å². The Bertz CT molecular complexity index is 1180. The number of hydrogen-bond donors (Lipinski definition) is 4. The number of anilines is 3. The molecule has 1 amide bonds. The summed E-state index contributed by atoms with van der Waals surface area (Å²) >= 11 is 0. The third-order valence-electron chi connectivity index (χ3n) is 6.78. The highest BCUT2D eigenvalue weighted by Crippen LogP contribution is 2.23. The topological polar surface area (TPSA) is 118 Å². The van der Waals surface area contributed by atoms with E-state index in [0.717, 1.165) is 67.7 Å². The van der Waals surface area contributed by atoms with Crippen LogP contribution in [0.1, 0.15) is 63.0 Å². The van der Waals surface area contributed by atoms with Gasteiger partial charge in [0, 0.05) is 24.4 Å². The molecule has 1 unspecified atom stereocenters. The van der Waals surface area contributed by atoms with Gasteiger partial charge in [0.25, 0.3) is 0 Å². The van der Waals surface area contributed by atoms with Crippen LogP contribution in [0.15, 0.2) is 30.5 Å². The summed E-state index contributed by atoms with van der Waals surface area (Å²) in [6.07, 6.45) is 7.01. The van der Waals surface area contributed by atoms with E-state index in [4.69, 9.17) is 14.7 Å². The highest BCUT2D eigenvalue weighted by atomic mass is 16.5. The molecule has 10 nitrogen and oxygen atoms in total. The maximum absolute atomic E-state index is 12.6. The molecule has 2 fully saturated rings.